The zero-order valence-corrected chi connectivity index (χ0v) is 9.62. The molecule has 2 nitrogen and oxygen atoms in total. The first-order valence-electron chi connectivity index (χ1n) is 5.05. The van der Waals surface area contributed by atoms with E-state index in [2.05, 4.69) is 23.7 Å². The molecular weight excluding hydrogens is 186 g/mol. The highest BCUT2D eigenvalue weighted by atomic mass is 16.2. The van der Waals surface area contributed by atoms with Crippen molar-refractivity contribution in [3.05, 3.63) is 42.6 Å². The number of hydrogen-bond acceptors (Lipinski definition) is 1. The zero-order chi connectivity index (χ0) is 11.7. The Hall–Kier alpha value is -1.54. The van der Waals surface area contributed by atoms with Crippen LogP contribution in [0.2, 0.25) is 0 Å². The van der Waals surface area contributed by atoms with Crippen LogP contribution in [0.5, 0.6) is 0 Å². The van der Waals surface area contributed by atoms with Crippen molar-refractivity contribution in [1.29, 1.82) is 0 Å². The summed E-state index contributed by atoms with van der Waals surface area (Å²) in [6.07, 6.45) is 3.83. The Labute approximate surface area is 91.3 Å². The van der Waals surface area contributed by atoms with Crippen LogP contribution in [0.15, 0.2) is 37.0 Å². The van der Waals surface area contributed by atoms with Gasteiger partial charge in [-0.05, 0) is 11.6 Å². The average Bonchev–Trinajstić information content (AvgIpc) is 2.77. The number of fused-ring (bicyclic) bond motifs is 1. The van der Waals surface area contributed by atoms with Crippen LogP contribution in [0.25, 0.3) is 17.0 Å². The Kier molecular flexibility index (Phi) is 7.02. The first-order valence-corrected chi connectivity index (χ1v) is 5.05. The van der Waals surface area contributed by atoms with Crippen molar-refractivity contribution in [2.24, 2.45) is 0 Å². The van der Waals surface area contributed by atoms with Gasteiger partial charge in [0, 0.05) is 24.2 Å². The van der Waals surface area contributed by atoms with Gasteiger partial charge in [-0.25, -0.2) is 0 Å². The van der Waals surface area contributed by atoms with Gasteiger partial charge in [0.05, 0.1) is 0 Å². The highest BCUT2D eigenvalue weighted by molar-refractivity contribution is 5.88. The van der Waals surface area contributed by atoms with E-state index in [0.29, 0.717) is 0 Å². The molecule has 0 aliphatic carbocycles. The maximum atomic E-state index is 7.00. The predicted octanol–water partition coefficient (Wildman–Crippen LogP) is 3.45. The Balaban J connectivity index is 0.000000442. The Morgan fingerprint density at radius 2 is 1.80 bits per heavy atom. The lowest BCUT2D eigenvalue weighted by atomic mass is 10.2. The molecule has 0 saturated heterocycles. The SMILES string of the molecule is C=Cc1c[nH]c2ccccc12.CC.CO. The van der Waals surface area contributed by atoms with Crippen molar-refractivity contribution in [2.75, 3.05) is 7.11 Å². The van der Waals surface area contributed by atoms with E-state index in [1.54, 1.807) is 0 Å². The highest BCUT2D eigenvalue weighted by Gasteiger charge is 1.96. The number of aromatic nitrogens is 1. The van der Waals surface area contributed by atoms with Gasteiger partial charge in [-0.15, -0.1) is 0 Å². The Bertz CT molecular complexity index is 390. The zero-order valence-electron chi connectivity index (χ0n) is 9.62. The van der Waals surface area contributed by atoms with Crippen LogP contribution in [-0.4, -0.2) is 17.2 Å². The number of H-pyrrole nitrogens is 1. The van der Waals surface area contributed by atoms with E-state index < -0.39 is 0 Å². The second-order valence-corrected chi connectivity index (χ2v) is 2.49. The lowest BCUT2D eigenvalue weighted by Gasteiger charge is -1.87. The summed E-state index contributed by atoms with van der Waals surface area (Å²) in [4.78, 5) is 3.17. The second kappa shape index (κ2) is 7.83. The molecule has 82 valence electrons. The van der Waals surface area contributed by atoms with E-state index in [1.165, 1.54) is 16.5 Å². The van der Waals surface area contributed by atoms with Gasteiger partial charge in [-0.2, -0.15) is 0 Å². The number of hydrogen-bond donors (Lipinski definition) is 2. The summed E-state index contributed by atoms with van der Waals surface area (Å²) in [5.74, 6) is 0. The summed E-state index contributed by atoms with van der Waals surface area (Å²) < 4.78 is 0. The van der Waals surface area contributed by atoms with Crippen molar-refractivity contribution in [1.82, 2.24) is 4.98 Å². The minimum absolute atomic E-state index is 1.00. The number of para-hydroxylation sites is 1. The van der Waals surface area contributed by atoms with E-state index in [1.807, 2.05) is 38.3 Å². The molecule has 0 atom stereocenters. The molecular formula is C13H19NO. The number of aliphatic hydroxyl groups excluding tert-OH is 1. The molecule has 0 spiro atoms. The third-order valence-electron chi connectivity index (χ3n) is 1.84. The van der Waals surface area contributed by atoms with E-state index in [-0.39, 0.29) is 0 Å². The second-order valence-electron chi connectivity index (χ2n) is 2.49. The fourth-order valence-electron chi connectivity index (χ4n) is 1.26. The number of aromatic amines is 1. The van der Waals surface area contributed by atoms with Crippen molar-refractivity contribution < 1.29 is 5.11 Å². The molecule has 2 rings (SSSR count). The normalized spacial score (nSPS) is 8.27. The standard InChI is InChI=1S/C10H9N.C2H6.CH4O/c1-2-8-7-11-10-6-4-3-5-9(8)10;2*1-2/h2-7,11H,1H2;1-2H3;2H,1H3. The number of aliphatic hydroxyl groups is 1. The molecule has 0 aliphatic heterocycles. The van der Waals surface area contributed by atoms with Crippen LogP contribution in [0.1, 0.15) is 19.4 Å². The number of rotatable bonds is 1. The number of benzene rings is 1. The van der Waals surface area contributed by atoms with Gasteiger partial charge in [-0.3, -0.25) is 0 Å². The number of nitrogens with one attached hydrogen (secondary N) is 1. The summed E-state index contributed by atoms with van der Waals surface area (Å²) in [6, 6.07) is 8.19. The van der Waals surface area contributed by atoms with Crippen LogP contribution in [-0.2, 0) is 0 Å². The molecule has 15 heavy (non-hydrogen) atoms. The molecule has 0 saturated carbocycles. The van der Waals surface area contributed by atoms with Gasteiger partial charge < -0.3 is 10.1 Å². The quantitative estimate of drug-likeness (QED) is 0.735. The molecule has 2 aromatic rings. The van der Waals surface area contributed by atoms with Gasteiger partial charge in [0.2, 0.25) is 0 Å². The molecule has 0 bridgehead atoms. The monoisotopic (exact) mass is 205 g/mol. The fourth-order valence-corrected chi connectivity index (χ4v) is 1.26. The molecule has 2 N–H and O–H groups in total. The molecule has 1 aromatic heterocycles. The van der Waals surface area contributed by atoms with Gasteiger partial charge in [-0.1, -0.05) is 44.7 Å². The summed E-state index contributed by atoms with van der Waals surface area (Å²) in [7, 11) is 1.00. The summed E-state index contributed by atoms with van der Waals surface area (Å²) in [6.45, 7) is 7.73. The van der Waals surface area contributed by atoms with E-state index >= 15 is 0 Å². The van der Waals surface area contributed by atoms with Crippen LogP contribution in [0, 0.1) is 0 Å². The molecule has 0 unspecified atom stereocenters. The minimum atomic E-state index is 1.00. The molecule has 0 aliphatic rings. The molecule has 2 heteroatoms. The van der Waals surface area contributed by atoms with Gasteiger partial charge in [0.15, 0.2) is 0 Å². The van der Waals surface area contributed by atoms with E-state index in [9.17, 15) is 0 Å². The highest BCUT2D eigenvalue weighted by Crippen LogP contribution is 2.17. The van der Waals surface area contributed by atoms with Gasteiger partial charge >= 0.3 is 0 Å². The van der Waals surface area contributed by atoms with Crippen LogP contribution < -0.4 is 0 Å². The largest absolute Gasteiger partial charge is 0.400 e. The fraction of sp³-hybridized carbons (Fsp3) is 0.231. The van der Waals surface area contributed by atoms with Crippen molar-refractivity contribution >= 4 is 17.0 Å². The first-order chi connectivity index (χ1) is 7.42. The topological polar surface area (TPSA) is 36.0 Å². The molecule has 1 heterocycles. The predicted molar refractivity (Wildman–Crippen MR) is 67.9 cm³/mol. The Morgan fingerprint density at radius 1 is 1.20 bits per heavy atom. The lowest BCUT2D eigenvalue weighted by Crippen LogP contribution is -1.65. The van der Waals surface area contributed by atoms with E-state index in [0.717, 1.165) is 7.11 Å². The minimum Gasteiger partial charge on any atom is -0.400 e. The molecule has 0 fully saturated rings. The molecule has 0 amide bonds. The van der Waals surface area contributed by atoms with Crippen LogP contribution in [0.3, 0.4) is 0 Å². The third-order valence-corrected chi connectivity index (χ3v) is 1.84. The maximum Gasteiger partial charge on any atom is 0.0460 e. The third kappa shape index (κ3) is 3.26. The van der Waals surface area contributed by atoms with Gasteiger partial charge in [0.1, 0.15) is 0 Å². The molecule has 0 radical (unpaired) electrons. The first kappa shape index (κ1) is 13.5. The van der Waals surface area contributed by atoms with E-state index in [4.69, 9.17) is 5.11 Å². The van der Waals surface area contributed by atoms with Crippen molar-refractivity contribution in [3.8, 4) is 0 Å². The van der Waals surface area contributed by atoms with Gasteiger partial charge in [0.25, 0.3) is 0 Å². The molecule has 1 aromatic carbocycles. The lowest BCUT2D eigenvalue weighted by molar-refractivity contribution is 0.399. The van der Waals surface area contributed by atoms with Crippen LogP contribution >= 0.6 is 0 Å². The Morgan fingerprint density at radius 3 is 2.40 bits per heavy atom. The summed E-state index contributed by atoms with van der Waals surface area (Å²) >= 11 is 0. The summed E-state index contributed by atoms with van der Waals surface area (Å²) in [5.41, 5.74) is 2.34. The maximum absolute atomic E-state index is 7.00. The van der Waals surface area contributed by atoms with Crippen molar-refractivity contribution in [2.45, 2.75) is 13.8 Å². The van der Waals surface area contributed by atoms with Crippen molar-refractivity contribution in [3.63, 3.8) is 0 Å². The summed E-state index contributed by atoms with van der Waals surface area (Å²) in [5, 5.41) is 8.24. The average molecular weight is 205 g/mol. The van der Waals surface area contributed by atoms with Crippen LogP contribution in [0.4, 0.5) is 0 Å². The smallest absolute Gasteiger partial charge is 0.0460 e.